The van der Waals surface area contributed by atoms with Crippen LogP contribution in [0.25, 0.3) is 5.65 Å². The molecule has 0 radical (unpaired) electrons. The molecule has 2 heterocycles. The highest BCUT2D eigenvalue weighted by atomic mass is 35.5. The standard InChI is InChI=1S/C22H28ClF3N6O/c1-22(2,26)12-28-10-15(19(23)27)21(33)30-14-8-6-13(7-9-14)29-17-4-3-5-18-31-16(20(24)25)11-32(17)18/h3-5,10-11,13-14,20,27-29H,6-9,12H2,1-2H3,(H,30,33)/b15-10+,27-19?. The monoisotopic (exact) mass is 484 g/mol. The highest BCUT2D eigenvalue weighted by Crippen LogP contribution is 2.25. The lowest BCUT2D eigenvalue weighted by atomic mass is 9.91. The van der Waals surface area contributed by atoms with E-state index in [2.05, 4.69) is 20.9 Å². The Labute approximate surface area is 195 Å². The molecule has 1 saturated carbocycles. The Morgan fingerprint density at radius 3 is 2.58 bits per heavy atom. The fourth-order valence-corrected chi connectivity index (χ4v) is 3.87. The Morgan fingerprint density at radius 2 is 1.97 bits per heavy atom. The Balaban J connectivity index is 1.55. The number of anilines is 1. The number of carbonyl (C=O) groups is 1. The second-order valence-electron chi connectivity index (χ2n) is 8.74. The van der Waals surface area contributed by atoms with Gasteiger partial charge in [-0.3, -0.25) is 14.6 Å². The normalized spacial score (nSPS) is 19.5. The number of imidazole rings is 1. The minimum atomic E-state index is -2.64. The first-order valence-corrected chi connectivity index (χ1v) is 11.1. The highest BCUT2D eigenvalue weighted by molar-refractivity contribution is 6.71. The van der Waals surface area contributed by atoms with Crippen LogP contribution in [0.3, 0.4) is 0 Å². The number of carbonyl (C=O) groups excluding carboxylic acids is 1. The molecule has 0 atom stereocenters. The quantitative estimate of drug-likeness (QED) is 0.310. The van der Waals surface area contributed by atoms with Gasteiger partial charge in [-0.05, 0) is 51.7 Å². The number of pyridine rings is 1. The van der Waals surface area contributed by atoms with Crippen molar-refractivity contribution < 1.29 is 18.0 Å². The van der Waals surface area contributed by atoms with Crippen LogP contribution in [0, 0.1) is 5.41 Å². The Morgan fingerprint density at radius 1 is 1.30 bits per heavy atom. The van der Waals surface area contributed by atoms with Crippen molar-refractivity contribution in [1.82, 2.24) is 20.0 Å². The predicted octanol–water partition coefficient (Wildman–Crippen LogP) is 4.55. The van der Waals surface area contributed by atoms with Crippen LogP contribution in [0.4, 0.5) is 19.0 Å². The zero-order valence-electron chi connectivity index (χ0n) is 18.5. The Bertz CT molecular complexity index is 1020. The van der Waals surface area contributed by atoms with Crippen molar-refractivity contribution in [2.75, 3.05) is 11.9 Å². The molecule has 1 aliphatic carbocycles. The van der Waals surface area contributed by atoms with E-state index >= 15 is 0 Å². The number of amides is 1. The number of alkyl halides is 3. The molecule has 0 spiro atoms. The minimum absolute atomic E-state index is 0.0206. The van der Waals surface area contributed by atoms with Gasteiger partial charge in [0, 0.05) is 31.0 Å². The summed E-state index contributed by atoms with van der Waals surface area (Å²) in [7, 11) is 0. The lowest BCUT2D eigenvalue weighted by Gasteiger charge is -2.30. The summed E-state index contributed by atoms with van der Waals surface area (Å²) in [4.78, 5) is 16.5. The smallest absolute Gasteiger partial charge is 0.281 e. The maximum atomic E-state index is 13.6. The number of hydrogen-bond donors (Lipinski definition) is 4. The van der Waals surface area contributed by atoms with Gasteiger partial charge < -0.3 is 16.0 Å². The molecule has 0 bridgehead atoms. The van der Waals surface area contributed by atoms with Gasteiger partial charge in [0.25, 0.3) is 12.3 Å². The van der Waals surface area contributed by atoms with E-state index in [1.807, 2.05) is 6.07 Å². The van der Waals surface area contributed by atoms with Gasteiger partial charge in [-0.2, -0.15) is 0 Å². The molecule has 7 nitrogen and oxygen atoms in total. The third kappa shape index (κ3) is 6.86. The molecular formula is C22H28ClF3N6O. The Hall–Kier alpha value is -2.75. The number of rotatable bonds is 9. The van der Waals surface area contributed by atoms with Crippen LogP contribution in [-0.2, 0) is 4.79 Å². The summed E-state index contributed by atoms with van der Waals surface area (Å²) in [6.45, 7) is 2.78. The summed E-state index contributed by atoms with van der Waals surface area (Å²) < 4.78 is 41.2. The molecule has 1 fully saturated rings. The number of nitrogens with zero attached hydrogens (tertiary/aromatic N) is 2. The highest BCUT2D eigenvalue weighted by Gasteiger charge is 2.25. The van der Waals surface area contributed by atoms with Gasteiger partial charge in [0.05, 0.1) is 5.57 Å². The van der Waals surface area contributed by atoms with Crippen molar-refractivity contribution in [3.63, 3.8) is 0 Å². The van der Waals surface area contributed by atoms with Gasteiger partial charge in [-0.15, -0.1) is 0 Å². The first-order valence-electron chi connectivity index (χ1n) is 10.7. The maximum Gasteiger partial charge on any atom is 0.281 e. The molecule has 2 aromatic rings. The molecule has 2 aromatic heterocycles. The van der Waals surface area contributed by atoms with Gasteiger partial charge in [0.15, 0.2) is 0 Å². The van der Waals surface area contributed by atoms with Gasteiger partial charge in [0.1, 0.15) is 28.0 Å². The molecule has 0 aliphatic heterocycles. The third-order valence-electron chi connectivity index (χ3n) is 5.40. The van der Waals surface area contributed by atoms with Crippen LogP contribution in [-0.4, -0.2) is 44.8 Å². The lowest BCUT2D eigenvalue weighted by molar-refractivity contribution is -0.117. The first kappa shape index (κ1) is 24.9. The van der Waals surface area contributed by atoms with Crippen LogP contribution in [0.1, 0.15) is 51.7 Å². The predicted molar refractivity (Wildman–Crippen MR) is 123 cm³/mol. The largest absolute Gasteiger partial charge is 0.387 e. The summed E-state index contributed by atoms with van der Waals surface area (Å²) in [5.41, 5.74) is -1.35. The van der Waals surface area contributed by atoms with E-state index in [4.69, 9.17) is 17.0 Å². The molecule has 1 amide bonds. The summed E-state index contributed by atoms with van der Waals surface area (Å²) in [5, 5.41) is 16.2. The fraction of sp³-hybridized carbons (Fsp3) is 0.500. The molecule has 0 unspecified atom stereocenters. The van der Waals surface area contributed by atoms with E-state index in [-0.39, 0.29) is 29.9 Å². The molecule has 180 valence electrons. The van der Waals surface area contributed by atoms with E-state index in [0.29, 0.717) is 24.3 Å². The molecule has 3 rings (SSSR count). The van der Waals surface area contributed by atoms with Crippen molar-refractivity contribution in [3.8, 4) is 0 Å². The number of fused-ring (bicyclic) bond motifs is 1. The molecular weight excluding hydrogens is 457 g/mol. The fourth-order valence-electron chi connectivity index (χ4n) is 3.73. The molecule has 1 aliphatic rings. The van der Waals surface area contributed by atoms with Gasteiger partial charge in [0.2, 0.25) is 0 Å². The van der Waals surface area contributed by atoms with Crippen molar-refractivity contribution in [3.05, 3.63) is 41.9 Å². The van der Waals surface area contributed by atoms with Crippen molar-refractivity contribution in [2.45, 2.75) is 63.7 Å². The van der Waals surface area contributed by atoms with Crippen molar-refractivity contribution in [1.29, 1.82) is 5.41 Å². The van der Waals surface area contributed by atoms with Gasteiger partial charge in [-0.1, -0.05) is 17.7 Å². The summed E-state index contributed by atoms with van der Waals surface area (Å²) >= 11 is 5.74. The maximum absolute atomic E-state index is 13.6. The summed E-state index contributed by atoms with van der Waals surface area (Å²) in [5.74, 6) is 0.195. The van der Waals surface area contributed by atoms with Gasteiger partial charge >= 0.3 is 0 Å². The summed E-state index contributed by atoms with van der Waals surface area (Å²) in [6, 6.07) is 5.26. The molecule has 4 N–H and O–H groups in total. The van der Waals surface area contributed by atoms with E-state index in [1.165, 1.54) is 26.2 Å². The molecule has 33 heavy (non-hydrogen) atoms. The third-order valence-corrected chi connectivity index (χ3v) is 5.60. The number of aromatic nitrogens is 2. The average molecular weight is 485 g/mol. The van der Waals surface area contributed by atoms with Crippen molar-refractivity contribution in [2.24, 2.45) is 0 Å². The lowest BCUT2D eigenvalue weighted by Crippen LogP contribution is -2.41. The zero-order valence-corrected chi connectivity index (χ0v) is 19.2. The van der Waals surface area contributed by atoms with E-state index in [0.717, 1.165) is 12.8 Å². The SMILES string of the molecule is CC(C)(F)CN/C=C(\C(=N)Cl)C(=O)NC1CCC(Nc2cccc3nc(C(F)F)cn23)CC1. The van der Waals surface area contributed by atoms with E-state index in [9.17, 15) is 18.0 Å². The number of halogens is 4. The second-order valence-corrected chi connectivity index (χ2v) is 9.12. The zero-order chi connectivity index (χ0) is 24.2. The Kier molecular flexibility index (Phi) is 7.88. The van der Waals surface area contributed by atoms with Crippen LogP contribution in [0.15, 0.2) is 36.2 Å². The number of hydrogen-bond acceptors (Lipinski definition) is 5. The van der Waals surface area contributed by atoms with Gasteiger partial charge in [-0.25, -0.2) is 18.2 Å². The topological polar surface area (TPSA) is 94.3 Å². The van der Waals surface area contributed by atoms with Crippen LogP contribution < -0.4 is 16.0 Å². The summed E-state index contributed by atoms with van der Waals surface area (Å²) in [6.07, 6.45) is 2.86. The van der Waals surface area contributed by atoms with E-state index in [1.54, 1.807) is 16.5 Å². The van der Waals surface area contributed by atoms with Crippen molar-refractivity contribution >= 4 is 34.1 Å². The van der Waals surface area contributed by atoms with E-state index < -0.39 is 23.2 Å². The number of nitrogens with one attached hydrogen (secondary N) is 4. The molecule has 11 heteroatoms. The first-order chi connectivity index (χ1) is 15.5. The van der Waals surface area contributed by atoms with Crippen LogP contribution in [0.2, 0.25) is 0 Å². The van der Waals surface area contributed by atoms with Crippen LogP contribution >= 0.6 is 11.6 Å². The van der Waals surface area contributed by atoms with Crippen LogP contribution in [0.5, 0.6) is 0 Å². The molecule has 0 saturated heterocycles. The minimum Gasteiger partial charge on any atom is -0.387 e. The average Bonchev–Trinajstić information content (AvgIpc) is 3.17. The second kappa shape index (κ2) is 10.5. The molecule has 0 aromatic carbocycles.